The number of rotatable bonds is 6. The molecule has 0 aromatic heterocycles. The van der Waals surface area contributed by atoms with Gasteiger partial charge in [0.05, 0.1) is 6.04 Å². The monoisotopic (exact) mass is 326 g/mol. The van der Waals surface area contributed by atoms with Crippen LogP contribution in [0.25, 0.3) is 0 Å². The Morgan fingerprint density at radius 3 is 2.87 bits per heavy atom. The van der Waals surface area contributed by atoms with Crippen molar-refractivity contribution in [2.75, 3.05) is 6.61 Å². The van der Waals surface area contributed by atoms with Gasteiger partial charge >= 0.3 is 12.6 Å². The Morgan fingerprint density at radius 1 is 1.43 bits per heavy atom. The lowest BCUT2D eigenvalue weighted by Gasteiger charge is -2.18. The molecule has 0 aliphatic heterocycles. The van der Waals surface area contributed by atoms with Crippen LogP contribution >= 0.6 is 0 Å². The van der Waals surface area contributed by atoms with Crippen molar-refractivity contribution in [1.29, 1.82) is 0 Å². The highest BCUT2D eigenvalue weighted by atomic mass is 19.3. The number of hydrogen-bond donors (Lipinski definition) is 3. The summed E-state index contributed by atoms with van der Waals surface area (Å²) in [5.74, 6) is 0.122. The molecule has 1 aromatic carbocycles. The number of aliphatic hydroxyl groups excluding tert-OH is 1. The molecule has 1 aromatic rings. The van der Waals surface area contributed by atoms with Gasteiger partial charge in [-0.3, -0.25) is 0 Å². The zero-order valence-corrected chi connectivity index (χ0v) is 12.7. The van der Waals surface area contributed by atoms with E-state index in [4.69, 9.17) is 5.11 Å². The number of aliphatic hydroxyl groups is 1. The summed E-state index contributed by atoms with van der Waals surface area (Å²) in [6, 6.07) is 5.37. The van der Waals surface area contributed by atoms with E-state index in [1.54, 1.807) is 19.1 Å². The largest absolute Gasteiger partial charge is 0.435 e. The van der Waals surface area contributed by atoms with Gasteiger partial charge in [-0.05, 0) is 31.0 Å². The number of amides is 2. The Labute approximate surface area is 133 Å². The lowest BCUT2D eigenvalue weighted by molar-refractivity contribution is -0.0499. The number of nitrogens with one attached hydrogen (secondary N) is 2. The van der Waals surface area contributed by atoms with Crippen molar-refractivity contribution < 1.29 is 23.4 Å². The third-order valence-corrected chi connectivity index (χ3v) is 3.65. The van der Waals surface area contributed by atoms with Crippen LogP contribution in [0.15, 0.2) is 36.4 Å². The maximum atomic E-state index is 12.2. The van der Waals surface area contributed by atoms with E-state index in [2.05, 4.69) is 15.4 Å². The van der Waals surface area contributed by atoms with Crippen molar-refractivity contribution in [1.82, 2.24) is 10.6 Å². The van der Waals surface area contributed by atoms with Crippen LogP contribution in [0.1, 0.15) is 24.9 Å². The van der Waals surface area contributed by atoms with Gasteiger partial charge in [-0.1, -0.05) is 24.3 Å². The normalized spacial score (nSPS) is 21.3. The second-order valence-corrected chi connectivity index (χ2v) is 5.46. The summed E-state index contributed by atoms with van der Waals surface area (Å²) in [6.45, 7) is -1.07. The van der Waals surface area contributed by atoms with Crippen molar-refractivity contribution in [2.24, 2.45) is 5.92 Å². The quantitative estimate of drug-likeness (QED) is 0.704. The molecule has 0 bridgehead atoms. The molecule has 5 nitrogen and oxygen atoms in total. The fourth-order valence-electron chi connectivity index (χ4n) is 2.47. The third kappa shape index (κ3) is 5.21. The molecular formula is C16H20F2N2O3. The van der Waals surface area contributed by atoms with Crippen LogP contribution in [0.2, 0.25) is 0 Å². The van der Waals surface area contributed by atoms with Gasteiger partial charge < -0.3 is 20.5 Å². The molecule has 0 saturated carbocycles. The second-order valence-electron chi connectivity index (χ2n) is 5.46. The predicted octanol–water partition coefficient (Wildman–Crippen LogP) is 2.59. The summed E-state index contributed by atoms with van der Waals surface area (Å²) < 4.78 is 28.8. The second kappa shape index (κ2) is 7.92. The molecule has 2 rings (SSSR count). The van der Waals surface area contributed by atoms with Gasteiger partial charge in [-0.2, -0.15) is 8.78 Å². The molecule has 0 heterocycles. The first kappa shape index (κ1) is 17.2. The maximum absolute atomic E-state index is 12.2. The Balaban J connectivity index is 1.87. The summed E-state index contributed by atoms with van der Waals surface area (Å²) in [6.07, 6.45) is 4.39. The standard InChI is InChI=1S/C16H20F2N2O3/c1-10(12-3-2-4-14(8-12)23-15(17)18)19-16(22)20-13-6-5-11(7-13)9-21/h2-6,8,10-11,13,15,21H,7,9H2,1H3,(H2,19,20,22)/t10?,11-,13+/m0/s1. The highest BCUT2D eigenvalue weighted by Gasteiger charge is 2.20. The number of urea groups is 1. The predicted molar refractivity (Wildman–Crippen MR) is 81.3 cm³/mol. The average Bonchev–Trinajstić information content (AvgIpc) is 2.94. The number of alkyl halides is 2. The minimum atomic E-state index is -2.88. The maximum Gasteiger partial charge on any atom is 0.387 e. The van der Waals surface area contributed by atoms with Crippen molar-refractivity contribution in [3.05, 3.63) is 42.0 Å². The van der Waals surface area contributed by atoms with Crippen LogP contribution in [-0.4, -0.2) is 30.4 Å². The summed E-state index contributed by atoms with van der Waals surface area (Å²) in [4.78, 5) is 12.0. The first-order valence-electron chi connectivity index (χ1n) is 7.39. The van der Waals surface area contributed by atoms with Crippen LogP contribution in [0, 0.1) is 5.92 Å². The fourth-order valence-corrected chi connectivity index (χ4v) is 2.47. The van der Waals surface area contributed by atoms with E-state index in [1.807, 2.05) is 12.2 Å². The summed E-state index contributed by atoms with van der Waals surface area (Å²) in [5, 5.41) is 14.6. The number of ether oxygens (including phenoxy) is 1. The topological polar surface area (TPSA) is 70.6 Å². The SMILES string of the molecule is CC(NC(=O)N[C@@H]1C=C[C@H](CO)C1)c1cccc(OC(F)F)c1. The molecule has 126 valence electrons. The lowest BCUT2D eigenvalue weighted by Crippen LogP contribution is -2.41. The molecule has 1 unspecified atom stereocenters. The highest BCUT2D eigenvalue weighted by Crippen LogP contribution is 2.21. The van der Waals surface area contributed by atoms with Gasteiger partial charge in [-0.15, -0.1) is 0 Å². The number of hydrogen-bond acceptors (Lipinski definition) is 3. The highest BCUT2D eigenvalue weighted by molar-refractivity contribution is 5.75. The van der Waals surface area contributed by atoms with Gasteiger partial charge in [0.15, 0.2) is 0 Å². The fraction of sp³-hybridized carbons (Fsp3) is 0.438. The van der Waals surface area contributed by atoms with Gasteiger partial charge in [0.25, 0.3) is 0 Å². The molecule has 0 saturated heterocycles. The Hall–Kier alpha value is -2.15. The van der Waals surface area contributed by atoms with Crippen LogP contribution < -0.4 is 15.4 Å². The van der Waals surface area contributed by atoms with Crippen LogP contribution in [-0.2, 0) is 0 Å². The van der Waals surface area contributed by atoms with Crippen LogP contribution in [0.3, 0.4) is 0 Å². The van der Waals surface area contributed by atoms with Gasteiger partial charge in [0.2, 0.25) is 0 Å². The van der Waals surface area contributed by atoms with Crippen LogP contribution in [0.4, 0.5) is 13.6 Å². The van der Waals surface area contributed by atoms with E-state index in [1.165, 1.54) is 12.1 Å². The molecule has 3 N–H and O–H groups in total. The molecule has 1 aliphatic rings. The molecular weight excluding hydrogens is 306 g/mol. The summed E-state index contributed by atoms with van der Waals surface area (Å²) in [7, 11) is 0. The smallest absolute Gasteiger partial charge is 0.387 e. The Bertz CT molecular complexity index is 566. The van der Waals surface area contributed by atoms with Crippen molar-refractivity contribution in [2.45, 2.75) is 32.0 Å². The summed E-state index contributed by atoms with van der Waals surface area (Å²) in [5.41, 5.74) is 0.661. The zero-order valence-electron chi connectivity index (χ0n) is 12.7. The van der Waals surface area contributed by atoms with Gasteiger partial charge in [0, 0.05) is 18.6 Å². The molecule has 0 fully saturated rings. The number of carbonyl (C=O) groups excluding carboxylic acids is 1. The Morgan fingerprint density at radius 2 is 2.22 bits per heavy atom. The Kier molecular flexibility index (Phi) is 5.92. The average molecular weight is 326 g/mol. The molecule has 23 heavy (non-hydrogen) atoms. The number of carbonyl (C=O) groups is 1. The first-order chi connectivity index (χ1) is 11.0. The minimum absolute atomic E-state index is 0.0519. The van der Waals surface area contributed by atoms with E-state index >= 15 is 0 Å². The summed E-state index contributed by atoms with van der Waals surface area (Å²) >= 11 is 0. The van der Waals surface area contributed by atoms with Crippen molar-refractivity contribution in [3.63, 3.8) is 0 Å². The van der Waals surface area contributed by atoms with Gasteiger partial charge in [-0.25, -0.2) is 4.79 Å². The van der Waals surface area contributed by atoms with Crippen molar-refractivity contribution >= 4 is 6.03 Å². The lowest BCUT2D eigenvalue weighted by atomic mass is 10.1. The first-order valence-corrected chi connectivity index (χ1v) is 7.39. The molecule has 0 radical (unpaired) electrons. The number of benzene rings is 1. The zero-order chi connectivity index (χ0) is 16.8. The van der Waals surface area contributed by atoms with E-state index in [-0.39, 0.29) is 36.4 Å². The van der Waals surface area contributed by atoms with E-state index in [9.17, 15) is 13.6 Å². The molecule has 0 spiro atoms. The van der Waals surface area contributed by atoms with E-state index in [0.717, 1.165) is 0 Å². The molecule has 2 amide bonds. The molecule has 7 heteroatoms. The minimum Gasteiger partial charge on any atom is -0.435 e. The van der Waals surface area contributed by atoms with Crippen molar-refractivity contribution in [3.8, 4) is 5.75 Å². The number of halogens is 2. The van der Waals surface area contributed by atoms with E-state index < -0.39 is 6.61 Å². The third-order valence-electron chi connectivity index (χ3n) is 3.65. The van der Waals surface area contributed by atoms with E-state index in [0.29, 0.717) is 12.0 Å². The van der Waals surface area contributed by atoms with Crippen LogP contribution in [0.5, 0.6) is 5.75 Å². The van der Waals surface area contributed by atoms with Gasteiger partial charge in [0.1, 0.15) is 5.75 Å². The molecule has 1 aliphatic carbocycles. The molecule has 3 atom stereocenters.